The van der Waals surface area contributed by atoms with Gasteiger partial charge in [-0.1, -0.05) is 42.3 Å². The van der Waals surface area contributed by atoms with Crippen molar-refractivity contribution in [2.75, 3.05) is 13.1 Å². The SMILES string of the molecule is CCNCC1CCC(C)CC1Cc1ccc(F)cc1Br. The first-order chi connectivity index (χ1) is 9.60. The van der Waals surface area contributed by atoms with Crippen LogP contribution in [0.25, 0.3) is 0 Å². The van der Waals surface area contributed by atoms with Crippen LogP contribution in [0.15, 0.2) is 22.7 Å². The van der Waals surface area contributed by atoms with Gasteiger partial charge in [-0.25, -0.2) is 4.39 Å². The van der Waals surface area contributed by atoms with E-state index in [1.165, 1.54) is 24.8 Å². The number of hydrogen-bond donors (Lipinski definition) is 1. The Kier molecular flexibility index (Phi) is 6.03. The lowest BCUT2D eigenvalue weighted by Gasteiger charge is -2.35. The Labute approximate surface area is 130 Å². The summed E-state index contributed by atoms with van der Waals surface area (Å²) in [4.78, 5) is 0. The van der Waals surface area contributed by atoms with Crippen molar-refractivity contribution in [1.82, 2.24) is 5.32 Å². The van der Waals surface area contributed by atoms with E-state index in [9.17, 15) is 4.39 Å². The van der Waals surface area contributed by atoms with Crippen molar-refractivity contribution in [2.45, 2.75) is 39.5 Å². The molecule has 1 aromatic carbocycles. The van der Waals surface area contributed by atoms with E-state index in [1.807, 2.05) is 6.07 Å². The predicted molar refractivity (Wildman–Crippen MR) is 86.3 cm³/mol. The normalized spacial score (nSPS) is 26.7. The highest BCUT2D eigenvalue weighted by molar-refractivity contribution is 9.10. The van der Waals surface area contributed by atoms with Crippen LogP contribution in [-0.2, 0) is 6.42 Å². The fourth-order valence-electron chi connectivity index (χ4n) is 3.38. The van der Waals surface area contributed by atoms with Crippen molar-refractivity contribution in [1.29, 1.82) is 0 Å². The second-order valence-corrected chi connectivity index (χ2v) is 7.04. The van der Waals surface area contributed by atoms with Crippen LogP contribution in [0.1, 0.15) is 38.7 Å². The van der Waals surface area contributed by atoms with Crippen molar-refractivity contribution in [3.05, 3.63) is 34.1 Å². The molecule has 0 aliphatic heterocycles. The van der Waals surface area contributed by atoms with Gasteiger partial charge in [0.25, 0.3) is 0 Å². The van der Waals surface area contributed by atoms with Gasteiger partial charge in [-0.2, -0.15) is 0 Å². The van der Waals surface area contributed by atoms with Crippen molar-refractivity contribution >= 4 is 15.9 Å². The summed E-state index contributed by atoms with van der Waals surface area (Å²) in [6.45, 7) is 6.68. The first kappa shape index (κ1) is 16.0. The summed E-state index contributed by atoms with van der Waals surface area (Å²) in [5.41, 5.74) is 1.24. The van der Waals surface area contributed by atoms with Crippen LogP contribution in [0.3, 0.4) is 0 Å². The molecule has 0 spiro atoms. The van der Waals surface area contributed by atoms with E-state index >= 15 is 0 Å². The molecule has 0 saturated heterocycles. The third-order valence-electron chi connectivity index (χ3n) is 4.56. The highest BCUT2D eigenvalue weighted by Gasteiger charge is 2.28. The highest BCUT2D eigenvalue weighted by Crippen LogP contribution is 2.36. The van der Waals surface area contributed by atoms with Gasteiger partial charge in [-0.05, 0) is 67.8 Å². The third kappa shape index (κ3) is 4.29. The van der Waals surface area contributed by atoms with E-state index < -0.39 is 0 Å². The summed E-state index contributed by atoms with van der Waals surface area (Å²) in [5.74, 6) is 2.11. The van der Waals surface area contributed by atoms with Crippen LogP contribution in [0.2, 0.25) is 0 Å². The zero-order valence-corrected chi connectivity index (χ0v) is 14.0. The Morgan fingerprint density at radius 1 is 1.30 bits per heavy atom. The number of benzene rings is 1. The molecule has 0 bridgehead atoms. The number of halogens is 2. The predicted octanol–water partition coefficient (Wildman–Crippen LogP) is 4.79. The molecule has 1 nitrogen and oxygen atoms in total. The van der Waals surface area contributed by atoms with E-state index in [-0.39, 0.29) is 5.82 Å². The lowest BCUT2D eigenvalue weighted by Crippen LogP contribution is -2.33. The van der Waals surface area contributed by atoms with E-state index in [0.717, 1.165) is 35.8 Å². The van der Waals surface area contributed by atoms with Crippen LogP contribution in [0, 0.1) is 23.6 Å². The van der Waals surface area contributed by atoms with Gasteiger partial charge in [0.1, 0.15) is 5.82 Å². The van der Waals surface area contributed by atoms with Crippen LogP contribution < -0.4 is 5.32 Å². The molecule has 1 aromatic rings. The van der Waals surface area contributed by atoms with Crippen molar-refractivity contribution in [2.24, 2.45) is 17.8 Å². The Hall–Kier alpha value is -0.410. The average Bonchev–Trinajstić information content (AvgIpc) is 2.41. The molecule has 0 amide bonds. The fraction of sp³-hybridized carbons (Fsp3) is 0.647. The maximum Gasteiger partial charge on any atom is 0.124 e. The molecular weight excluding hydrogens is 317 g/mol. The van der Waals surface area contributed by atoms with Gasteiger partial charge in [-0.3, -0.25) is 0 Å². The second kappa shape index (κ2) is 7.56. The maximum absolute atomic E-state index is 13.2. The summed E-state index contributed by atoms with van der Waals surface area (Å²) in [6, 6.07) is 5.09. The highest BCUT2D eigenvalue weighted by atomic mass is 79.9. The summed E-state index contributed by atoms with van der Waals surface area (Å²) >= 11 is 3.51. The Balaban J connectivity index is 2.06. The number of hydrogen-bond acceptors (Lipinski definition) is 1. The monoisotopic (exact) mass is 341 g/mol. The lowest BCUT2D eigenvalue weighted by atomic mass is 9.72. The zero-order chi connectivity index (χ0) is 14.5. The molecule has 1 aliphatic rings. The van der Waals surface area contributed by atoms with Gasteiger partial charge in [0.2, 0.25) is 0 Å². The van der Waals surface area contributed by atoms with Gasteiger partial charge in [0.15, 0.2) is 0 Å². The fourth-order valence-corrected chi connectivity index (χ4v) is 3.89. The topological polar surface area (TPSA) is 12.0 Å². The Morgan fingerprint density at radius 2 is 2.10 bits per heavy atom. The number of rotatable bonds is 5. The third-order valence-corrected chi connectivity index (χ3v) is 5.29. The molecule has 0 radical (unpaired) electrons. The molecule has 0 aromatic heterocycles. The van der Waals surface area contributed by atoms with E-state index in [2.05, 4.69) is 35.1 Å². The van der Waals surface area contributed by atoms with Gasteiger partial charge in [0, 0.05) is 4.47 Å². The van der Waals surface area contributed by atoms with Crippen molar-refractivity contribution < 1.29 is 4.39 Å². The maximum atomic E-state index is 13.2. The standard InChI is InChI=1S/C17H25BrFN/c1-3-20-11-14-5-4-12(2)8-15(14)9-13-6-7-16(19)10-17(13)18/h6-7,10,12,14-15,20H,3-5,8-9,11H2,1-2H3. The molecule has 1 N–H and O–H groups in total. The minimum absolute atomic E-state index is 0.165. The van der Waals surface area contributed by atoms with E-state index in [4.69, 9.17) is 0 Å². The van der Waals surface area contributed by atoms with Crippen LogP contribution in [0.5, 0.6) is 0 Å². The van der Waals surface area contributed by atoms with E-state index in [1.54, 1.807) is 12.1 Å². The molecule has 3 heteroatoms. The van der Waals surface area contributed by atoms with Crippen LogP contribution in [-0.4, -0.2) is 13.1 Å². The quantitative estimate of drug-likeness (QED) is 0.811. The molecule has 1 fully saturated rings. The molecule has 3 unspecified atom stereocenters. The summed E-state index contributed by atoms with van der Waals surface area (Å²) in [7, 11) is 0. The van der Waals surface area contributed by atoms with Crippen LogP contribution >= 0.6 is 15.9 Å². The largest absolute Gasteiger partial charge is 0.317 e. The molecule has 2 rings (SSSR count). The first-order valence-electron chi connectivity index (χ1n) is 7.74. The molecule has 1 aliphatic carbocycles. The van der Waals surface area contributed by atoms with Crippen molar-refractivity contribution in [3.63, 3.8) is 0 Å². The minimum atomic E-state index is -0.165. The van der Waals surface area contributed by atoms with Gasteiger partial charge in [-0.15, -0.1) is 0 Å². The molecule has 20 heavy (non-hydrogen) atoms. The smallest absolute Gasteiger partial charge is 0.124 e. The zero-order valence-electron chi connectivity index (χ0n) is 12.5. The summed E-state index contributed by atoms with van der Waals surface area (Å²) < 4.78 is 14.1. The van der Waals surface area contributed by atoms with Crippen LogP contribution in [0.4, 0.5) is 4.39 Å². The second-order valence-electron chi connectivity index (χ2n) is 6.19. The molecule has 1 saturated carbocycles. The van der Waals surface area contributed by atoms with E-state index in [0.29, 0.717) is 5.92 Å². The molecule has 3 atom stereocenters. The lowest BCUT2D eigenvalue weighted by molar-refractivity contribution is 0.184. The Bertz CT molecular complexity index is 433. The Morgan fingerprint density at radius 3 is 2.80 bits per heavy atom. The molecule has 0 heterocycles. The van der Waals surface area contributed by atoms with Gasteiger partial charge in [0.05, 0.1) is 0 Å². The minimum Gasteiger partial charge on any atom is -0.317 e. The van der Waals surface area contributed by atoms with Gasteiger partial charge >= 0.3 is 0 Å². The molecular formula is C17H25BrFN. The summed E-state index contributed by atoms with van der Waals surface area (Å²) in [5, 5.41) is 3.50. The van der Waals surface area contributed by atoms with Gasteiger partial charge < -0.3 is 5.32 Å². The number of nitrogens with one attached hydrogen (secondary N) is 1. The first-order valence-corrected chi connectivity index (χ1v) is 8.54. The summed E-state index contributed by atoms with van der Waals surface area (Å²) in [6.07, 6.45) is 5.01. The van der Waals surface area contributed by atoms with Crippen molar-refractivity contribution in [3.8, 4) is 0 Å². The molecule has 112 valence electrons. The average molecular weight is 342 g/mol.